The molecule has 0 aromatic heterocycles. The highest BCUT2D eigenvalue weighted by atomic mass is 31.2. The summed E-state index contributed by atoms with van der Waals surface area (Å²) < 4.78 is 38.9. The zero-order valence-electron chi connectivity index (χ0n) is 44.5. The largest absolute Gasteiger partial charge is 0.424 e. The van der Waals surface area contributed by atoms with Gasteiger partial charge in [-0.1, -0.05) is 235 Å². The van der Waals surface area contributed by atoms with Crippen molar-refractivity contribution in [1.82, 2.24) is 0 Å². The lowest BCUT2D eigenvalue weighted by Gasteiger charge is -2.23. The first kappa shape index (κ1) is 57.2. The molecule has 72 heavy (non-hydrogen) atoms. The fourth-order valence-electron chi connectivity index (χ4n) is 10.6. The Morgan fingerprint density at radius 3 is 1.53 bits per heavy atom. The van der Waals surface area contributed by atoms with Crippen LogP contribution in [0.1, 0.15) is 199 Å². The van der Waals surface area contributed by atoms with Crippen LogP contribution in [-0.2, 0) is 25.0 Å². The van der Waals surface area contributed by atoms with Gasteiger partial charge in [0, 0.05) is 25.3 Å². The van der Waals surface area contributed by atoms with Gasteiger partial charge in [-0.2, -0.15) is 0 Å². The molecular weight excluding hydrogens is 914 g/mol. The molecule has 0 heterocycles. The fourth-order valence-corrected chi connectivity index (χ4v) is 12.3. The Bertz CT molecular complexity index is 2420. The van der Waals surface area contributed by atoms with Crippen molar-refractivity contribution in [3.05, 3.63) is 107 Å². The van der Waals surface area contributed by atoms with E-state index < -0.39 is 12.5 Å². The molecule has 0 saturated heterocycles. The highest BCUT2D eigenvalue weighted by molar-refractivity contribution is 7.54. The number of rotatable bonds is 42. The molecule has 0 saturated carbocycles. The van der Waals surface area contributed by atoms with Crippen LogP contribution in [0.2, 0.25) is 0 Å². The van der Waals surface area contributed by atoms with E-state index in [4.69, 9.17) is 18.5 Å². The maximum absolute atomic E-state index is 14.2. The van der Waals surface area contributed by atoms with Crippen LogP contribution in [0.4, 0.5) is 5.69 Å². The summed E-state index contributed by atoms with van der Waals surface area (Å²) in [6.07, 6.45) is 35.4. The van der Waals surface area contributed by atoms with Gasteiger partial charge in [0.05, 0.1) is 24.3 Å². The van der Waals surface area contributed by atoms with Gasteiger partial charge in [0.2, 0.25) is 0 Å². The number of non-ortho nitro benzene ring substituents is 1. The predicted molar refractivity (Wildman–Crippen MR) is 305 cm³/mol. The van der Waals surface area contributed by atoms with Crippen molar-refractivity contribution in [2.75, 3.05) is 32.6 Å². The number of ether oxygens (including phenoxy) is 2. The Labute approximate surface area is 433 Å². The van der Waals surface area contributed by atoms with E-state index in [0.717, 1.165) is 51.4 Å². The van der Waals surface area contributed by atoms with Crippen LogP contribution in [-0.4, -0.2) is 43.6 Å². The summed E-state index contributed by atoms with van der Waals surface area (Å²) >= 11 is 0. The molecule has 0 N–H and O–H groups in total. The average Bonchev–Trinajstić information content (AvgIpc) is 3.39. The smallest absolute Gasteiger partial charge is 0.379 e. The van der Waals surface area contributed by atoms with Crippen molar-refractivity contribution < 1.29 is 28.0 Å². The molecule has 2 atom stereocenters. The normalized spacial score (nSPS) is 13.2. The Balaban J connectivity index is 0.868. The number of nitro benzene ring substituents is 1. The second-order valence-corrected chi connectivity index (χ2v) is 22.8. The molecule has 0 fully saturated rings. The number of benzene rings is 6. The molecule has 0 spiro atoms. The number of nitro groups is 1. The topological polar surface area (TPSA) is 97.1 Å². The minimum absolute atomic E-state index is 0.0434. The molecule has 0 aliphatic rings. The summed E-state index contributed by atoms with van der Waals surface area (Å²) in [5, 5.41) is 22.2. The minimum atomic E-state index is -3.57. The number of unbranched alkanes of at least 4 members (excludes halogenated alkanes) is 25. The molecule has 0 aliphatic heterocycles. The first-order valence-corrected chi connectivity index (χ1v) is 30.6. The number of fused-ring (bicyclic) bond motifs is 2. The summed E-state index contributed by atoms with van der Waals surface area (Å²) in [6.45, 7) is 6.17. The summed E-state index contributed by atoms with van der Waals surface area (Å²) in [4.78, 5) is 10.8. The predicted octanol–water partition coefficient (Wildman–Crippen LogP) is 19.8. The van der Waals surface area contributed by atoms with Gasteiger partial charge in [0.1, 0.15) is 11.9 Å². The highest BCUT2D eigenvalue weighted by Gasteiger charge is 2.28. The van der Waals surface area contributed by atoms with E-state index in [0.29, 0.717) is 32.0 Å². The van der Waals surface area contributed by atoms with Crippen molar-refractivity contribution in [1.29, 1.82) is 0 Å². The van der Waals surface area contributed by atoms with Gasteiger partial charge >= 0.3 is 7.60 Å². The minimum Gasteiger partial charge on any atom is -0.424 e. The molecule has 394 valence electrons. The maximum atomic E-state index is 14.2. The van der Waals surface area contributed by atoms with Crippen LogP contribution in [0.3, 0.4) is 0 Å². The molecule has 0 bridgehead atoms. The van der Waals surface area contributed by atoms with Gasteiger partial charge in [0.15, 0.2) is 0 Å². The van der Waals surface area contributed by atoms with Gasteiger partial charge in [-0.05, 0) is 92.9 Å². The van der Waals surface area contributed by atoms with E-state index in [1.807, 2.05) is 0 Å². The third kappa shape index (κ3) is 19.0. The first-order valence-electron chi connectivity index (χ1n) is 28.8. The lowest BCUT2D eigenvalue weighted by atomic mass is 9.87. The van der Waals surface area contributed by atoms with Crippen LogP contribution < -0.4 is 4.52 Å². The number of nitrogens with zero attached hydrogens (tertiary/aromatic N) is 1. The SMILES string of the molecule is CCCCCCCCCCCCCCCCOC[C@H](COP(=O)(CCCCCC)Oc1ccc([N+](=O)[O-])cc1)OCCCCCCCCCCCCc1ccc2c3cccc4cccc(c5cccc1c52)c43. The van der Waals surface area contributed by atoms with Crippen LogP contribution in [0.25, 0.3) is 43.1 Å². The maximum Gasteiger partial charge on any atom is 0.379 e. The van der Waals surface area contributed by atoms with Gasteiger partial charge in [-0.15, -0.1) is 0 Å². The van der Waals surface area contributed by atoms with E-state index in [1.54, 1.807) is 0 Å². The van der Waals surface area contributed by atoms with Crippen LogP contribution in [0, 0.1) is 10.1 Å². The van der Waals surface area contributed by atoms with E-state index in [2.05, 4.69) is 80.6 Å². The van der Waals surface area contributed by atoms with E-state index in [-0.39, 0.29) is 24.6 Å². The van der Waals surface area contributed by atoms with Gasteiger partial charge in [-0.25, -0.2) is 4.57 Å². The van der Waals surface area contributed by atoms with E-state index in [9.17, 15) is 14.7 Å². The molecule has 0 aliphatic carbocycles. The van der Waals surface area contributed by atoms with Crippen LogP contribution >= 0.6 is 7.60 Å². The van der Waals surface area contributed by atoms with Gasteiger partial charge in [0.25, 0.3) is 5.69 Å². The Kier molecular flexibility index (Phi) is 26.2. The third-order valence-corrected chi connectivity index (χ3v) is 16.7. The number of hydrogen-bond acceptors (Lipinski definition) is 7. The summed E-state index contributed by atoms with van der Waals surface area (Å²) in [7, 11) is -3.57. The van der Waals surface area contributed by atoms with Crippen molar-refractivity contribution >= 4 is 56.4 Å². The number of hydrogen-bond donors (Lipinski definition) is 0. The van der Waals surface area contributed by atoms with Crippen molar-refractivity contribution in [3.63, 3.8) is 0 Å². The standard InChI is InChI=1S/C63H90NO7P/c1-3-5-7-9-10-11-12-13-14-16-19-22-25-28-47-68-50-56(51-70-72(67,49-30-8-6-4-2)71-55-44-42-54(43-45-55)64(65)66)69-48-29-26-23-20-17-15-18-21-24-27-34-52-41-46-61-59-39-32-36-53-35-31-38-58(62(53)59)60-40-33-37-57(52)63(60)61/h31-33,35-46,56H,3-30,34,47-51H2,1-2H3/t56-,72?/m1/s1. The van der Waals surface area contributed by atoms with Gasteiger partial charge < -0.3 is 14.0 Å². The monoisotopic (exact) mass is 1000 g/mol. The quantitative estimate of drug-likeness (QED) is 0.00941. The van der Waals surface area contributed by atoms with E-state index >= 15 is 0 Å². The Morgan fingerprint density at radius 2 is 0.958 bits per heavy atom. The second-order valence-electron chi connectivity index (χ2n) is 20.7. The molecule has 9 heteroatoms. The molecule has 8 nitrogen and oxygen atoms in total. The third-order valence-electron chi connectivity index (χ3n) is 14.8. The molecule has 0 amide bonds. The Hall–Kier alpha value is -4.07. The summed E-state index contributed by atoms with van der Waals surface area (Å²) in [6, 6.07) is 30.8. The first-order chi connectivity index (χ1) is 35.4. The van der Waals surface area contributed by atoms with E-state index in [1.165, 1.54) is 201 Å². The zero-order valence-corrected chi connectivity index (χ0v) is 45.4. The summed E-state index contributed by atoms with van der Waals surface area (Å²) in [5.74, 6) is 0.302. The lowest BCUT2D eigenvalue weighted by molar-refractivity contribution is -0.384. The number of aryl methyl sites for hydroxylation is 1. The molecule has 6 rings (SSSR count). The van der Waals surface area contributed by atoms with Crippen molar-refractivity contribution in [2.45, 2.75) is 206 Å². The van der Waals surface area contributed by atoms with Crippen LogP contribution in [0.15, 0.2) is 91.0 Å². The van der Waals surface area contributed by atoms with Crippen LogP contribution in [0.5, 0.6) is 5.75 Å². The molecule has 0 radical (unpaired) electrons. The lowest BCUT2D eigenvalue weighted by Crippen LogP contribution is -2.27. The Morgan fingerprint density at radius 1 is 0.486 bits per heavy atom. The zero-order chi connectivity index (χ0) is 50.5. The molecular formula is C63H90NO7P. The summed E-state index contributed by atoms with van der Waals surface area (Å²) in [5.41, 5.74) is 1.43. The molecule has 6 aromatic carbocycles. The fraction of sp³-hybridized carbons (Fsp3) is 0.587. The molecule has 6 aromatic rings. The van der Waals surface area contributed by atoms with Crippen molar-refractivity contribution in [3.8, 4) is 5.75 Å². The van der Waals surface area contributed by atoms with Crippen molar-refractivity contribution in [2.24, 2.45) is 0 Å². The average molecular weight is 1000 g/mol. The molecule has 1 unspecified atom stereocenters. The van der Waals surface area contributed by atoms with Gasteiger partial charge in [-0.3, -0.25) is 14.6 Å². The second kappa shape index (κ2) is 33.0. The highest BCUT2D eigenvalue weighted by Crippen LogP contribution is 2.50.